The van der Waals surface area contributed by atoms with Gasteiger partial charge in [-0.2, -0.15) is 0 Å². The summed E-state index contributed by atoms with van der Waals surface area (Å²) in [7, 11) is 0. The molecular formula is C15H25N3O2. The van der Waals surface area contributed by atoms with Crippen LogP contribution >= 0.6 is 0 Å². The first-order valence-corrected chi connectivity index (χ1v) is 7.56. The van der Waals surface area contributed by atoms with E-state index in [0.29, 0.717) is 22.9 Å². The lowest BCUT2D eigenvalue weighted by Crippen LogP contribution is -2.40. The number of hydrogen-bond donors (Lipinski definition) is 1. The highest BCUT2D eigenvalue weighted by atomic mass is 16.5. The van der Waals surface area contributed by atoms with Crippen molar-refractivity contribution >= 4 is 5.91 Å². The van der Waals surface area contributed by atoms with Crippen LogP contribution in [0.2, 0.25) is 0 Å². The van der Waals surface area contributed by atoms with Crippen molar-refractivity contribution in [3.63, 3.8) is 0 Å². The van der Waals surface area contributed by atoms with Gasteiger partial charge in [0, 0.05) is 13.1 Å². The third kappa shape index (κ3) is 3.39. The van der Waals surface area contributed by atoms with Gasteiger partial charge in [-0.3, -0.25) is 4.79 Å². The smallest absolute Gasteiger partial charge is 0.259 e. The maximum Gasteiger partial charge on any atom is 0.259 e. The first-order valence-electron chi connectivity index (χ1n) is 7.56. The lowest BCUT2D eigenvalue weighted by molar-refractivity contribution is 0.0714. The molecule has 1 aliphatic rings. The van der Waals surface area contributed by atoms with Crippen LogP contribution in [-0.4, -0.2) is 42.1 Å². The largest absolute Gasteiger partial charge is 0.361 e. The molecule has 112 valence electrons. The maximum atomic E-state index is 12.7. The van der Waals surface area contributed by atoms with Gasteiger partial charge in [-0.25, -0.2) is 0 Å². The third-order valence-electron chi connectivity index (χ3n) is 3.97. The molecule has 0 saturated carbocycles. The van der Waals surface area contributed by atoms with Gasteiger partial charge in [0.25, 0.3) is 5.91 Å². The van der Waals surface area contributed by atoms with Gasteiger partial charge < -0.3 is 14.7 Å². The molecule has 20 heavy (non-hydrogen) atoms. The van der Waals surface area contributed by atoms with Crippen molar-refractivity contribution < 1.29 is 9.32 Å². The molecule has 0 aliphatic carbocycles. The Hall–Kier alpha value is -1.36. The van der Waals surface area contributed by atoms with Crippen LogP contribution in [0.1, 0.15) is 48.0 Å². The SMILES string of the molecule is CCCN(CC1CCNCC1)C(=O)c1c(C)noc1C. The Bertz CT molecular complexity index is 430. The molecule has 1 aromatic heterocycles. The zero-order valence-electron chi connectivity index (χ0n) is 12.7. The molecule has 0 radical (unpaired) electrons. The van der Waals surface area contributed by atoms with Crippen LogP contribution in [0, 0.1) is 19.8 Å². The predicted molar refractivity (Wildman–Crippen MR) is 77.8 cm³/mol. The number of carbonyl (C=O) groups excluding carboxylic acids is 1. The number of rotatable bonds is 5. The highest BCUT2D eigenvalue weighted by molar-refractivity contribution is 5.96. The monoisotopic (exact) mass is 279 g/mol. The highest BCUT2D eigenvalue weighted by Crippen LogP contribution is 2.19. The number of hydrogen-bond acceptors (Lipinski definition) is 4. The number of carbonyl (C=O) groups is 1. The zero-order chi connectivity index (χ0) is 14.5. The first-order chi connectivity index (χ1) is 9.63. The third-order valence-corrected chi connectivity index (χ3v) is 3.97. The molecule has 5 heteroatoms. The summed E-state index contributed by atoms with van der Waals surface area (Å²) in [6.07, 6.45) is 3.27. The molecule has 1 fully saturated rings. The second-order valence-corrected chi connectivity index (χ2v) is 5.64. The number of nitrogens with one attached hydrogen (secondary N) is 1. The minimum Gasteiger partial charge on any atom is -0.361 e. The number of nitrogens with zero attached hydrogens (tertiary/aromatic N) is 2. The summed E-state index contributed by atoms with van der Waals surface area (Å²) < 4.78 is 5.13. The van der Waals surface area contributed by atoms with Crippen molar-refractivity contribution in [2.75, 3.05) is 26.2 Å². The molecule has 1 N–H and O–H groups in total. The molecule has 1 aromatic rings. The van der Waals surface area contributed by atoms with Crippen molar-refractivity contribution in [1.29, 1.82) is 0 Å². The van der Waals surface area contributed by atoms with E-state index in [1.165, 1.54) is 0 Å². The fourth-order valence-electron chi connectivity index (χ4n) is 2.87. The van der Waals surface area contributed by atoms with Crippen molar-refractivity contribution in [3.8, 4) is 0 Å². The van der Waals surface area contributed by atoms with Crippen molar-refractivity contribution in [2.45, 2.75) is 40.0 Å². The Morgan fingerprint density at radius 3 is 2.65 bits per heavy atom. The number of piperidine rings is 1. The Morgan fingerprint density at radius 2 is 2.10 bits per heavy atom. The fourth-order valence-corrected chi connectivity index (χ4v) is 2.87. The minimum absolute atomic E-state index is 0.0710. The van der Waals surface area contributed by atoms with Gasteiger partial charge in [0.15, 0.2) is 0 Å². The average molecular weight is 279 g/mol. The highest BCUT2D eigenvalue weighted by Gasteiger charge is 2.25. The van der Waals surface area contributed by atoms with E-state index < -0.39 is 0 Å². The van der Waals surface area contributed by atoms with E-state index in [-0.39, 0.29) is 5.91 Å². The molecule has 2 rings (SSSR count). The van der Waals surface area contributed by atoms with E-state index in [1.54, 1.807) is 0 Å². The molecule has 0 atom stereocenters. The van der Waals surface area contributed by atoms with E-state index in [2.05, 4.69) is 17.4 Å². The van der Waals surface area contributed by atoms with Crippen LogP contribution in [0.3, 0.4) is 0 Å². The fraction of sp³-hybridized carbons (Fsp3) is 0.733. The van der Waals surface area contributed by atoms with E-state index in [1.807, 2.05) is 18.7 Å². The van der Waals surface area contributed by atoms with Crippen LogP contribution in [0.4, 0.5) is 0 Å². The van der Waals surface area contributed by atoms with Crippen LogP contribution in [0.15, 0.2) is 4.52 Å². The van der Waals surface area contributed by atoms with Crippen molar-refractivity contribution in [1.82, 2.24) is 15.4 Å². The summed E-state index contributed by atoms with van der Waals surface area (Å²) in [5, 5.41) is 7.26. The molecule has 0 bridgehead atoms. The molecular weight excluding hydrogens is 254 g/mol. The van der Waals surface area contributed by atoms with Crippen LogP contribution in [0.5, 0.6) is 0 Å². The van der Waals surface area contributed by atoms with E-state index in [9.17, 15) is 4.79 Å². The Kier molecular flexibility index (Phi) is 5.17. The number of aryl methyl sites for hydroxylation is 2. The van der Waals surface area contributed by atoms with Crippen LogP contribution in [-0.2, 0) is 0 Å². The first kappa shape index (κ1) is 15.0. The van der Waals surface area contributed by atoms with Crippen LogP contribution < -0.4 is 5.32 Å². The summed E-state index contributed by atoms with van der Waals surface area (Å²) in [6, 6.07) is 0. The topological polar surface area (TPSA) is 58.4 Å². The molecule has 2 heterocycles. The Labute approximate surface area is 120 Å². The van der Waals surface area contributed by atoms with E-state index >= 15 is 0 Å². The summed E-state index contributed by atoms with van der Waals surface area (Å²) in [4.78, 5) is 14.7. The Balaban J connectivity index is 2.09. The standard InChI is InChI=1S/C15H25N3O2/c1-4-9-18(10-13-5-7-16-8-6-13)15(19)14-11(2)17-20-12(14)3/h13,16H,4-10H2,1-3H3. The zero-order valence-corrected chi connectivity index (χ0v) is 12.7. The second-order valence-electron chi connectivity index (χ2n) is 5.64. The molecule has 0 unspecified atom stereocenters. The minimum atomic E-state index is 0.0710. The quantitative estimate of drug-likeness (QED) is 0.897. The van der Waals surface area contributed by atoms with Crippen LogP contribution in [0.25, 0.3) is 0 Å². The number of aromatic nitrogens is 1. The second kappa shape index (κ2) is 6.88. The molecule has 0 spiro atoms. The van der Waals surface area contributed by atoms with Gasteiger partial charge in [0.2, 0.25) is 0 Å². The van der Waals surface area contributed by atoms with E-state index in [4.69, 9.17) is 4.52 Å². The molecule has 5 nitrogen and oxygen atoms in total. The lowest BCUT2D eigenvalue weighted by atomic mass is 9.97. The average Bonchev–Trinajstić information content (AvgIpc) is 2.78. The molecule has 0 aromatic carbocycles. The number of amides is 1. The van der Waals surface area contributed by atoms with Gasteiger partial charge in [-0.1, -0.05) is 12.1 Å². The molecule has 1 aliphatic heterocycles. The maximum absolute atomic E-state index is 12.7. The summed E-state index contributed by atoms with van der Waals surface area (Å²) >= 11 is 0. The van der Waals surface area contributed by atoms with Crippen molar-refractivity contribution in [3.05, 3.63) is 17.0 Å². The molecule has 1 amide bonds. The van der Waals surface area contributed by atoms with Crippen molar-refractivity contribution in [2.24, 2.45) is 5.92 Å². The van der Waals surface area contributed by atoms with Gasteiger partial charge in [-0.05, 0) is 52.1 Å². The summed E-state index contributed by atoms with van der Waals surface area (Å²) in [5.41, 5.74) is 1.34. The van der Waals surface area contributed by atoms with Gasteiger partial charge in [0.05, 0.1) is 5.69 Å². The molecule has 1 saturated heterocycles. The van der Waals surface area contributed by atoms with Gasteiger partial charge >= 0.3 is 0 Å². The van der Waals surface area contributed by atoms with E-state index in [0.717, 1.165) is 45.4 Å². The summed E-state index contributed by atoms with van der Waals surface area (Å²) in [5.74, 6) is 1.30. The summed E-state index contributed by atoms with van der Waals surface area (Å²) in [6.45, 7) is 9.51. The Morgan fingerprint density at radius 1 is 1.40 bits per heavy atom. The normalized spacial score (nSPS) is 16.4. The van der Waals surface area contributed by atoms with Gasteiger partial charge in [0.1, 0.15) is 11.3 Å². The lowest BCUT2D eigenvalue weighted by Gasteiger charge is -2.30. The predicted octanol–water partition coefficient (Wildman–Crippen LogP) is 2.14. The van der Waals surface area contributed by atoms with Gasteiger partial charge in [-0.15, -0.1) is 0 Å².